The normalized spacial score (nSPS) is 16.3. The quantitative estimate of drug-likeness (QED) is 0.905. The van der Waals surface area contributed by atoms with E-state index in [0.717, 1.165) is 34.8 Å². The molecule has 1 saturated heterocycles. The summed E-state index contributed by atoms with van der Waals surface area (Å²) in [6.45, 7) is 2.20. The Labute approximate surface area is 130 Å². The topological polar surface area (TPSA) is 51.0 Å². The highest BCUT2D eigenvalue weighted by Crippen LogP contribution is 2.28. The third-order valence-electron chi connectivity index (χ3n) is 3.18. The van der Waals surface area contributed by atoms with E-state index in [-0.39, 0.29) is 12.4 Å². The highest BCUT2D eigenvalue weighted by atomic mass is 79.9. The molecule has 2 aromatic rings. The predicted molar refractivity (Wildman–Crippen MR) is 81.9 cm³/mol. The predicted octanol–water partition coefficient (Wildman–Crippen LogP) is 3.52. The first-order valence-corrected chi connectivity index (χ1v) is 7.76. The Kier molecular flexibility index (Phi) is 5.38. The summed E-state index contributed by atoms with van der Waals surface area (Å²) in [7, 11) is 0. The van der Waals surface area contributed by atoms with Gasteiger partial charge in [-0.05, 0) is 53.8 Å². The second kappa shape index (κ2) is 6.83. The van der Waals surface area contributed by atoms with Gasteiger partial charge >= 0.3 is 0 Å². The van der Waals surface area contributed by atoms with Gasteiger partial charge in [0.25, 0.3) is 0 Å². The van der Waals surface area contributed by atoms with Crippen molar-refractivity contribution in [2.24, 2.45) is 5.92 Å². The zero-order valence-corrected chi connectivity index (χ0v) is 13.5. The summed E-state index contributed by atoms with van der Waals surface area (Å²) in [6, 6.07) is 2.02. The summed E-state index contributed by atoms with van der Waals surface area (Å²) in [5.74, 6) is 2.14. The van der Waals surface area contributed by atoms with Crippen molar-refractivity contribution in [1.29, 1.82) is 0 Å². The molecule has 3 heterocycles. The molecule has 0 radical (unpaired) electrons. The molecule has 1 N–H and O–H groups in total. The Morgan fingerprint density at radius 1 is 1.42 bits per heavy atom. The molecule has 0 aliphatic carbocycles. The molecule has 0 atom stereocenters. The number of hydrogen-bond donors (Lipinski definition) is 1. The van der Waals surface area contributed by atoms with Crippen LogP contribution < -0.4 is 5.32 Å². The number of thiophene rings is 1. The maximum atomic E-state index is 5.34. The van der Waals surface area contributed by atoms with E-state index in [9.17, 15) is 0 Å². The van der Waals surface area contributed by atoms with E-state index in [0.29, 0.717) is 11.7 Å². The van der Waals surface area contributed by atoms with Gasteiger partial charge in [0.1, 0.15) is 0 Å². The molecule has 0 amide bonds. The van der Waals surface area contributed by atoms with E-state index in [2.05, 4.69) is 31.4 Å². The van der Waals surface area contributed by atoms with Gasteiger partial charge < -0.3 is 9.84 Å². The minimum absolute atomic E-state index is 0. The van der Waals surface area contributed by atoms with Gasteiger partial charge in [0, 0.05) is 16.3 Å². The van der Waals surface area contributed by atoms with Crippen molar-refractivity contribution in [3.8, 4) is 10.7 Å². The largest absolute Gasteiger partial charge is 0.339 e. The van der Waals surface area contributed by atoms with Crippen LogP contribution in [0.5, 0.6) is 0 Å². The summed E-state index contributed by atoms with van der Waals surface area (Å²) in [5, 5.41) is 9.44. The molecule has 0 bridgehead atoms. The number of piperidine rings is 1. The summed E-state index contributed by atoms with van der Waals surface area (Å²) < 4.78 is 6.40. The van der Waals surface area contributed by atoms with Crippen molar-refractivity contribution in [3.05, 3.63) is 21.8 Å². The van der Waals surface area contributed by atoms with Crippen molar-refractivity contribution in [1.82, 2.24) is 15.5 Å². The second-order valence-corrected chi connectivity index (χ2v) is 6.37. The van der Waals surface area contributed by atoms with Gasteiger partial charge in [0.05, 0.1) is 4.88 Å². The standard InChI is InChI=1S/C12H14BrN3OS.ClH/c13-9-6-10(18-7-9)12-15-11(17-16-12)5-8-1-3-14-4-2-8;/h6-8,14H,1-5H2;1H. The summed E-state index contributed by atoms with van der Waals surface area (Å²) in [5.41, 5.74) is 0. The third kappa shape index (κ3) is 3.78. The molecular formula is C12H15BrClN3OS. The van der Waals surface area contributed by atoms with Crippen molar-refractivity contribution >= 4 is 39.7 Å². The van der Waals surface area contributed by atoms with Gasteiger partial charge in [0.15, 0.2) is 0 Å². The van der Waals surface area contributed by atoms with E-state index in [1.54, 1.807) is 11.3 Å². The monoisotopic (exact) mass is 363 g/mol. The summed E-state index contributed by atoms with van der Waals surface area (Å²) in [6.07, 6.45) is 3.30. The van der Waals surface area contributed by atoms with Crippen LogP contribution in [0.25, 0.3) is 10.7 Å². The molecule has 0 unspecified atom stereocenters. The van der Waals surface area contributed by atoms with Crippen molar-refractivity contribution in [2.75, 3.05) is 13.1 Å². The van der Waals surface area contributed by atoms with Gasteiger partial charge in [-0.1, -0.05) is 5.16 Å². The SMILES string of the molecule is Brc1csc(-c2noc(CC3CCNCC3)n2)c1.Cl. The Morgan fingerprint density at radius 3 is 2.89 bits per heavy atom. The number of nitrogens with zero attached hydrogens (tertiary/aromatic N) is 2. The zero-order chi connectivity index (χ0) is 12.4. The van der Waals surface area contributed by atoms with Crippen LogP contribution in [0.1, 0.15) is 18.7 Å². The van der Waals surface area contributed by atoms with E-state index in [1.807, 2.05) is 11.4 Å². The minimum atomic E-state index is 0. The maximum absolute atomic E-state index is 5.34. The number of rotatable bonds is 3. The lowest BCUT2D eigenvalue weighted by atomic mass is 9.95. The van der Waals surface area contributed by atoms with Gasteiger partial charge in [-0.25, -0.2) is 0 Å². The van der Waals surface area contributed by atoms with Gasteiger partial charge in [0.2, 0.25) is 11.7 Å². The van der Waals surface area contributed by atoms with E-state index < -0.39 is 0 Å². The summed E-state index contributed by atoms with van der Waals surface area (Å²) in [4.78, 5) is 5.52. The smallest absolute Gasteiger partial charge is 0.227 e. The van der Waals surface area contributed by atoms with Crippen LogP contribution in [0.4, 0.5) is 0 Å². The second-order valence-electron chi connectivity index (χ2n) is 4.54. The first-order chi connectivity index (χ1) is 8.81. The van der Waals surface area contributed by atoms with E-state index >= 15 is 0 Å². The lowest BCUT2D eigenvalue weighted by Gasteiger charge is -2.20. The fourth-order valence-corrected chi connectivity index (χ4v) is 3.55. The van der Waals surface area contributed by atoms with E-state index in [4.69, 9.17) is 4.52 Å². The molecular weight excluding hydrogens is 350 g/mol. The highest BCUT2D eigenvalue weighted by Gasteiger charge is 2.18. The molecule has 2 aromatic heterocycles. The third-order valence-corrected chi connectivity index (χ3v) is 4.86. The maximum Gasteiger partial charge on any atom is 0.227 e. The molecule has 1 aliphatic rings. The zero-order valence-electron chi connectivity index (χ0n) is 10.3. The average Bonchev–Trinajstić information content (AvgIpc) is 2.99. The van der Waals surface area contributed by atoms with Crippen molar-refractivity contribution < 1.29 is 4.52 Å². The van der Waals surface area contributed by atoms with Crippen LogP contribution >= 0.6 is 39.7 Å². The number of nitrogens with one attached hydrogen (secondary N) is 1. The molecule has 1 aliphatic heterocycles. The Morgan fingerprint density at radius 2 is 2.21 bits per heavy atom. The Balaban J connectivity index is 0.00000133. The number of halogens is 2. The van der Waals surface area contributed by atoms with Crippen LogP contribution in [0.15, 0.2) is 20.4 Å². The van der Waals surface area contributed by atoms with Gasteiger partial charge in [-0.15, -0.1) is 23.7 Å². The molecule has 0 spiro atoms. The van der Waals surface area contributed by atoms with Crippen LogP contribution in [0.2, 0.25) is 0 Å². The molecule has 4 nitrogen and oxygen atoms in total. The molecule has 104 valence electrons. The molecule has 0 saturated carbocycles. The lowest BCUT2D eigenvalue weighted by Crippen LogP contribution is -2.28. The molecule has 0 aromatic carbocycles. The number of aromatic nitrogens is 2. The first-order valence-electron chi connectivity index (χ1n) is 6.09. The fourth-order valence-electron chi connectivity index (χ4n) is 2.20. The Hall–Kier alpha value is -0.430. The van der Waals surface area contributed by atoms with E-state index in [1.165, 1.54) is 12.8 Å². The molecule has 7 heteroatoms. The average molecular weight is 365 g/mol. The van der Waals surface area contributed by atoms with Crippen LogP contribution in [0.3, 0.4) is 0 Å². The van der Waals surface area contributed by atoms with Crippen LogP contribution in [0, 0.1) is 5.92 Å². The van der Waals surface area contributed by atoms with Crippen molar-refractivity contribution in [2.45, 2.75) is 19.3 Å². The highest BCUT2D eigenvalue weighted by molar-refractivity contribution is 9.10. The molecule has 19 heavy (non-hydrogen) atoms. The summed E-state index contributed by atoms with van der Waals surface area (Å²) >= 11 is 5.05. The number of hydrogen-bond acceptors (Lipinski definition) is 5. The van der Waals surface area contributed by atoms with Gasteiger partial charge in [-0.3, -0.25) is 0 Å². The minimum Gasteiger partial charge on any atom is -0.339 e. The van der Waals surface area contributed by atoms with Crippen LogP contribution in [-0.2, 0) is 6.42 Å². The van der Waals surface area contributed by atoms with Crippen molar-refractivity contribution in [3.63, 3.8) is 0 Å². The molecule has 3 rings (SSSR count). The Bertz CT molecular complexity index is 525. The lowest BCUT2D eigenvalue weighted by molar-refractivity contribution is 0.313. The fraction of sp³-hybridized carbons (Fsp3) is 0.500. The van der Waals surface area contributed by atoms with Gasteiger partial charge in [-0.2, -0.15) is 4.98 Å². The molecule has 1 fully saturated rings. The van der Waals surface area contributed by atoms with Crippen LogP contribution in [-0.4, -0.2) is 23.2 Å². The first kappa shape index (κ1) is 15.0.